The van der Waals surface area contributed by atoms with Gasteiger partial charge in [-0.25, -0.2) is 12.8 Å². The number of rotatable bonds is 8. The molecule has 1 aromatic heterocycles. The van der Waals surface area contributed by atoms with E-state index in [0.717, 1.165) is 0 Å². The predicted molar refractivity (Wildman–Crippen MR) is 87.5 cm³/mol. The van der Waals surface area contributed by atoms with E-state index in [4.69, 9.17) is 0 Å². The highest BCUT2D eigenvalue weighted by Crippen LogP contribution is 2.13. The van der Waals surface area contributed by atoms with Gasteiger partial charge >= 0.3 is 0 Å². The van der Waals surface area contributed by atoms with Gasteiger partial charge in [-0.1, -0.05) is 0 Å². The second kappa shape index (κ2) is 7.70. The molecule has 0 fully saturated rings. The number of hydrogen-bond acceptors (Lipinski definition) is 4. The van der Waals surface area contributed by atoms with Crippen molar-refractivity contribution in [2.45, 2.75) is 37.2 Å². The predicted octanol–water partition coefficient (Wildman–Crippen LogP) is 2.43. The van der Waals surface area contributed by atoms with Gasteiger partial charge in [-0.15, -0.1) is 0 Å². The van der Waals surface area contributed by atoms with E-state index in [1.54, 1.807) is 6.20 Å². The van der Waals surface area contributed by atoms with Crippen LogP contribution in [-0.2, 0) is 9.84 Å². The SMILES string of the molecule is C[C@@H](NCCCS(=O)(=O)c1ccc(F)cc1)[C@H](C)n1cccn1. The van der Waals surface area contributed by atoms with Crippen molar-refractivity contribution in [3.8, 4) is 0 Å². The monoisotopic (exact) mass is 339 g/mol. The summed E-state index contributed by atoms with van der Waals surface area (Å²) in [6.45, 7) is 4.69. The van der Waals surface area contributed by atoms with Gasteiger partial charge in [-0.05, 0) is 57.1 Å². The molecule has 23 heavy (non-hydrogen) atoms. The van der Waals surface area contributed by atoms with Gasteiger partial charge in [0.05, 0.1) is 16.7 Å². The molecule has 0 aliphatic rings. The minimum absolute atomic E-state index is 0.0362. The van der Waals surface area contributed by atoms with Gasteiger partial charge in [-0.3, -0.25) is 4.68 Å². The summed E-state index contributed by atoms with van der Waals surface area (Å²) in [4.78, 5) is 0.164. The summed E-state index contributed by atoms with van der Waals surface area (Å²) in [6, 6.07) is 7.17. The van der Waals surface area contributed by atoms with E-state index in [9.17, 15) is 12.8 Å². The molecular formula is C16H22FN3O2S. The first-order valence-electron chi connectivity index (χ1n) is 7.61. The third-order valence-electron chi connectivity index (χ3n) is 3.89. The van der Waals surface area contributed by atoms with Crippen molar-refractivity contribution in [2.24, 2.45) is 0 Å². The van der Waals surface area contributed by atoms with Gasteiger partial charge in [0.1, 0.15) is 5.82 Å². The number of nitrogens with one attached hydrogen (secondary N) is 1. The van der Waals surface area contributed by atoms with Crippen LogP contribution in [0.1, 0.15) is 26.3 Å². The molecule has 2 rings (SSSR count). The lowest BCUT2D eigenvalue weighted by Crippen LogP contribution is -2.35. The van der Waals surface area contributed by atoms with Crippen LogP contribution in [-0.4, -0.2) is 36.5 Å². The molecule has 2 aromatic rings. The summed E-state index contributed by atoms with van der Waals surface area (Å²) in [5.41, 5.74) is 0. The average Bonchev–Trinajstić information content (AvgIpc) is 3.05. The van der Waals surface area contributed by atoms with Crippen molar-refractivity contribution >= 4 is 9.84 Å². The lowest BCUT2D eigenvalue weighted by Gasteiger charge is -2.21. The van der Waals surface area contributed by atoms with E-state index in [0.29, 0.717) is 13.0 Å². The quantitative estimate of drug-likeness (QED) is 0.593. The molecule has 2 atom stereocenters. The standard InChI is InChI=1S/C16H22FN3O2S/c1-13(14(2)20-11-3-10-19-20)18-9-4-12-23(21,22)16-7-5-15(17)6-8-16/h3,5-8,10-11,13-14,18H,4,9,12H2,1-2H3/t13-,14+/m1/s1. The first-order valence-corrected chi connectivity index (χ1v) is 9.26. The minimum Gasteiger partial charge on any atom is -0.312 e. The number of benzene rings is 1. The maximum absolute atomic E-state index is 12.9. The van der Waals surface area contributed by atoms with Crippen molar-refractivity contribution in [3.63, 3.8) is 0 Å². The smallest absolute Gasteiger partial charge is 0.178 e. The molecule has 126 valence electrons. The molecule has 0 radical (unpaired) electrons. The highest BCUT2D eigenvalue weighted by atomic mass is 32.2. The average molecular weight is 339 g/mol. The van der Waals surface area contributed by atoms with Crippen LogP contribution in [0.2, 0.25) is 0 Å². The van der Waals surface area contributed by atoms with E-state index in [1.165, 1.54) is 24.3 Å². The van der Waals surface area contributed by atoms with Crippen LogP contribution in [0.4, 0.5) is 4.39 Å². The van der Waals surface area contributed by atoms with Crippen LogP contribution in [0.15, 0.2) is 47.6 Å². The Labute approximate surface area is 136 Å². The lowest BCUT2D eigenvalue weighted by molar-refractivity contribution is 0.367. The van der Waals surface area contributed by atoms with E-state index >= 15 is 0 Å². The van der Waals surface area contributed by atoms with Crippen molar-refractivity contribution in [1.82, 2.24) is 15.1 Å². The molecule has 0 aliphatic carbocycles. The fourth-order valence-electron chi connectivity index (χ4n) is 2.27. The van der Waals surface area contributed by atoms with Crippen LogP contribution < -0.4 is 5.32 Å². The van der Waals surface area contributed by atoms with Gasteiger partial charge in [0.2, 0.25) is 0 Å². The third kappa shape index (κ3) is 4.87. The highest BCUT2D eigenvalue weighted by Gasteiger charge is 2.16. The minimum atomic E-state index is -3.36. The molecule has 1 N–H and O–H groups in total. The summed E-state index contributed by atoms with van der Waals surface area (Å²) in [5.74, 6) is -0.402. The fraction of sp³-hybridized carbons (Fsp3) is 0.438. The Bertz CT molecular complexity index is 699. The zero-order valence-corrected chi connectivity index (χ0v) is 14.1. The lowest BCUT2D eigenvalue weighted by atomic mass is 10.2. The summed E-state index contributed by atoms with van der Waals surface area (Å²) in [6.07, 6.45) is 4.14. The van der Waals surface area contributed by atoms with E-state index in [1.807, 2.05) is 23.9 Å². The molecule has 1 aromatic carbocycles. The van der Waals surface area contributed by atoms with Gasteiger partial charge in [0.15, 0.2) is 9.84 Å². The van der Waals surface area contributed by atoms with Crippen molar-refractivity contribution < 1.29 is 12.8 Å². The molecule has 0 saturated carbocycles. The first-order chi connectivity index (χ1) is 10.9. The number of nitrogens with zero attached hydrogens (tertiary/aromatic N) is 2. The molecule has 0 unspecified atom stereocenters. The normalized spacial score (nSPS) is 14.6. The molecule has 7 heteroatoms. The van der Waals surface area contributed by atoms with Crippen LogP contribution in [0.25, 0.3) is 0 Å². The van der Waals surface area contributed by atoms with Gasteiger partial charge in [0.25, 0.3) is 0 Å². The zero-order valence-electron chi connectivity index (χ0n) is 13.3. The summed E-state index contributed by atoms with van der Waals surface area (Å²) >= 11 is 0. The fourth-order valence-corrected chi connectivity index (χ4v) is 3.58. The maximum atomic E-state index is 12.9. The van der Waals surface area contributed by atoms with Gasteiger partial charge < -0.3 is 5.32 Å². The first kappa shape index (κ1) is 17.6. The van der Waals surface area contributed by atoms with Crippen LogP contribution in [0, 0.1) is 5.82 Å². The van der Waals surface area contributed by atoms with E-state index in [2.05, 4.69) is 17.3 Å². The number of aromatic nitrogens is 2. The maximum Gasteiger partial charge on any atom is 0.178 e. The second-order valence-electron chi connectivity index (χ2n) is 5.60. The second-order valence-corrected chi connectivity index (χ2v) is 7.70. The van der Waals surface area contributed by atoms with Crippen LogP contribution >= 0.6 is 0 Å². The molecule has 0 spiro atoms. The molecular weight excluding hydrogens is 317 g/mol. The Morgan fingerprint density at radius 2 is 1.96 bits per heavy atom. The van der Waals surface area contributed by atoms with E-state index in [-0.39, 0.29) is 22.7 Å². The molecule has 5 nitrogen and oxygen atoms in total. The number of sulfone groups is 1. The van der Waals surface area contributed by atoms with Crippen molar-refractivity contribution in [2.75, 3.05) is 12.3 Å². The van der Waals surface area contributed by atoms with Gasteiger partial charge in [-0.2, -0.15) is 5.10 Å². The molecule has 1 heterocycles. The Morgan fingerprint density at radius 1 is 1.26 bits per heavy atom. The Hall–Kier alpha value is -1.73. The highest BCUT2D eigenvalue weighted by molar-refractivity contribution is 7.91. The summed E-state index contributed by atoms with van der Waals surface area (Å²) in [5, 5.41) is 7.52. The molecule has 0 bridgehead atoms. The van der Waals surface area contributed by atoms with Crippen LogP contribution in [0.5, 0.6) is 0 Å². The number of halogens is 1. The largest absolute Gasteiger partial charge is 0.312 e. The Morgan fingerprint density at radius 3 is 2.57 bits per heavy atom. The van der Waals surface area contributed by atoms with E-state index < -0.39 is 15.7 Å². The Kier molecular flexibility index (Phi) is 5.90. The molecule has 0 amide bonds. The zero-order chi connectivity index (χ0) is 16.9. The van der Waals surface area contributed by atoms with Crippen molar-refractivity contribution in [3.05, 3.63) is 48.5 Å². The van der Waals surface area contributed by atoms with Crippen LogP contribution in [0.3, 0.4) is 0 Å². The topological polar surface area (TPSA) is 64.0 Å². The summed E-state index contributed by atoms with van der Waals surface area (Å²) in [7, 11) is -3.36. The molecule has 0 aliphatic heterocycles. The van der Waals surface area contributed by atoms with Gasteiger partial charge in [0, 0.05) is 18.4 Å². The Balaban J connectivity index is 1.79. The molecule has 0 saturated heterocycles. The summed E-state index contributed by atoms with van der Waals surface area (Å²) < 4.78 is 39.0. The number of hydrogen-bond donors (Lipinski definition) is 1. The van der Waals surface area contributed by atoms with Crippen molar-refractivity contribution in [1.29, 1.82) is 0 Å². The third-order valence-corrected chi connectivity index (χ3v) is 5.71.